The summed E-state index contributed by atoms with van der Waals surface area (Å²) in [6, 6.07) is -0.506. The van der Waals surface area contributed by atoms with Crippen molar-refractivity contribution < 1.29 is 9.18 Å². The van der Waals surface area contributed by atoms with Gasteiger partial charge in [0.2, 0.25) is 5.91 Å². The molecule has 0 radical (unpaired) electrons. The van der Waals surface area contributed by atoms with E-state index in [2.05, 4.69) is 11.4 Å². The van der Waals surface area contributed by atoms with Crippen molar-refractivity contribution in [1.82, 2.24) is 10.2 Å². The Morgan fingerprint density at radius 3 is 3.05 bits per heavy atom. The van der Waals surface area contributed by atoms with Gasteiger partial charge in [-0.05, 0) is 45.1 Å². The van der Waals surface area contributed by atoms with Crippen LogP contribution in [0.1, 0.15) is 38.5 Å². The lowest BCUT2D eigenvalue weighted by Crippen LogP contribution is -2.44. The van der Waals surface area contributed by atoms with E-state index in [9.17, 15) is 9.18 Å². The van der Waals surface area contributed by atoms with E-state index < -0.39 is 12.2 Å². The second-order valence-electron chi connectivity index (χ2n) is 5.85. The molecule has 0 aromatic carbocycles. The molecule has 3 N–H and O–H groups in total. The molecule has 2 unspecified atom stereocenters. The fraction of sp³-hybridized carbons (Fsp3) is 0.800. The van der Waals surface area contributed by atoms with Crippen molar-refractivity contribution in [2.45, 2.75) is 50.7 Å². The van der Waals surface area contributed by atoms with E-state index >= 15 is 0 Å². The molecule has 1 saturated heterocycles. The van der Waals surface area contributed by atoms with Gasteiger partial charge in [0.25, 0.3) is 0 Å². The summed E-state index contributed by atoms with van der Waals surface area (Å²) in [6.07, 6.45) is 7.46. The molecule has 1 fully saturated rings. The fourth-order valence-corrected chi connectivity index (χ4v) is 2.85. The molecule has 4 nitrogen and oxygen atoms in total. The Morgan fingerprint density at radius 2 is 2.40 bits per heavy atom. The summed E-state index contributed by atoms with van der Waals surface area (Å²) in [7, 11) is 0. The topological polar surface area (TPSA) is 58.4 Å². The number of likely N-dealkylation sites (tertiary alicyclic amines) is 1. The van der Waals surface area contributed by atoms with E-state index in [1.54, 1.807) is 4.90 Å². The minimum atomic E-state index is -0.873. The summed E-state index contributed by atoms with van der Waals surface area (Å²) in [5.74, 6) is -0.108. The van der Waals surface area contributed by atoms with Crippen LogP contribution in [0.4, 0.5) is 4.39 Å². The third kappa shape index (κ3) is 4.56. The monoisotopic (exact) mass is 283 g/mol. The molecule has 1 heterocycles. The lowest BCUT2D eigenvalue weighted by Gasteiger charge is -2.20. The molecule has 2 aliphatic rings. The molecule has 20 heavy (non-hydrogen) atoms. The Balaban J connectivity index is 1.61. The Bertz CT molecular complexity index is 359. The SMILES string of the molecule is NC(CCNCC1=CCCCC1)C(=O)N1CCC(F)C1. The summed E-state index contributed by atoms with van der Waals surface area (Å²) in [5, 5.41) is 3.35. The second-order valence-corrected chi connectivity index (χ2v) is 5.85. The van der Waals surface area contributed by atoms with Crippen LogP contribution in [0.2, 0.25) is 0 Å². The third-order valence-corrected chi connectivity index (χ3v) is 4.13. The molecule has 0 aromatic heterocycles. The summed E-state index contributed by atoms with van der Waals surface area (Å²) < 4.78 is 13.1. The molecule has 5 heteroatoms. The van der Waals surface area contributed by atoms with Crippen LogP contribution in [0.3, 0.4) is 0 Å². The van der Waals surface area contributed by atoms with Crippen molar-refractivity contribution in [2.75, 3.05) is 26.2 Å². The molecular formula is C15H26FN3O. The van der Waals surface area contributed by atoms with Gasteiger partial charge in [-0.1, -0.05) is 11.6 Å². The van der Waals surface area contributed by atoms with Gasteiger partial charge < -0.3 is 16.0 Å². The first-order valence-corrected chi connectivity index (χ1v) is 7.74. The minimum absolute atomic E-state index is 0.108. The lowest BCUT2D eigenvalue weighted by molar-refractivity contribution is -0.131. The number of nitrogens with one attached hydrogen (secondary N) is 1. The summed E-state index contributed by atoms with van der Waals surface area (Å²) >= 11 is 0. The summed E-state index contributed by atoms with van der Waals surface area (Å²) in [4.78, 5) is 13.5. The molecular weight excluding hydrogens is 257 g/mol. The molecule has 0 bridgehead atoms. The molecule has 2 atom stereocenters. The highest BCUT2D eigenvalue weighted by Crippen LogP contribution is 2.16. The Labute approximate surface area is 120 Å². The average Bonchev–Trinajstić information content (AvgIpc) is 2.90. The van der Waals surface area contributed by atoms with Crippen LogP contribution in [0, 0.1) is 0 Å². The van der Waals surface area contributed by atoms with E-state index in [0.717, 1.165) is 13.1 Å². The number of hydrogen-bond acceptors (Lipinski definition) is 3. The lowest BCUT2D eigenvalue weighted by atomic mass is 10.00. The van der Waals surface area contributed by atoms with Crippen LogP contribution in [-0.4, -0.2) is 49.2 Å². The zero-order valence-corrected chi connectivity index (χ0v) is 12.1. The number of carbonyl (C=O) groups is 1. The number of halogens is 1. The van der Waals surface area contributed by atoms with Crippen LogP contribution >= 0.6 is 0 Å². The van der Waals surface area contributed by atoms with E-state index in [1.807, 2.05) is 0 Å². The smallest absolute Gasteiger partial charge is 0.239 e. The van der Waals surface area contributed by atoms with Crippen molar-refractivity contribution in [3.8, 4) is 0 Å². The number of nitrogens with two attached hydrogens (primary N) is 1. The highest BCUT2D eigenvalue weighted by molar-refractivity contribution is 5.81. The van der Waals surface area contributed by atoms with Crippen LogP contribution in [0.5, 0.6) is 0 Å². The molecule has 0 aromatic rings. The van der Waals surface area contributed by atoms with E-state index in [1.165, 1.54) is 31.3 Å². The number of alkyl halides is 1. The van der Waals surface area contributed by atoms with Crippen LogP contribution in [-0.2, 0) is 4.79 Å². The second kappa shape index (κ2) is 7.74. The molecule has 2 rings (SSSR count). The van der Waals surface area contributed by atoms with Gasteiger partial charge in [-0.15, -0.1) is 0 Å². The van der Waals surface area contributed by atoms with Crippen molar-refractivity contribution in [2.24, 2.45) is 5.73 Å². The zero-order chi connectivity index (χ0) is 14.4. The van der Waals surface area contributed by atoms with Crippen molar-refractivity contribution in [1.29, 1.82) is 0 Å². The van der Waals surface area contributed by atoms with Crippen LogP contribution in [0.25, 0.3) is 0 Å². The number of carbonyl (C=O) groups excluding carboxylic acids is 1. The molecule has 0 saturated carbocycles. The van der Waals surface area contributed by atoms with E-state index in [4.69, 9.17) is 5.73 Å². The first kappa shape index (κ1) is 15.4. The van der Waals surface area contributed by atoms with Crippen molar-refractivity contribution in [3.05, 3.63) is 11.6 Å². The molecule has 114 valence electrons. The Hall–Kier alpha value is -0.940. The van der Waals surface area contributed by atoms with E-state index in [0.29, 0.717) is 19.4 Å². The molecule has 1 aliphatic heterocycles. The third-order valence-electron chi connectivity index (χ3n) is 4.13. The first-order valence-electron chi connectivity index (χ1n) is 7.74. The Morgan fingerprint density at radius 1 is 1.55 bits per heavy atom. The van der Waals surface area contributed by atoms with Gasteiger partial charge in [0, 0.05) is 13.1 Å². The molecule has 0 spiro atoms. The van der Waals surface area contributed by atoms with Gasteiger partial charge in [0.15, 0.2) is 0 Å². The van der Waals surface area contributed by atoms with Gasteiger partial charge >= 0.3 is 0 Å². The number of rotatable bonds is 6. The number of allylic oxidation sites excluding steroid dienone is 1. The zero-order valence-electron chi connectivity index (χ0n) is 12.1. The standard InChI is InChI=1S/C15H26FN3O/c16-13-7-9-19(11-13)15(20)14(17)6-8-18-10-12-4-2-1-3-5-12/h4,13-14,18H,1-3,5-11,17H2. The van der Waals surface area contributed by atoms with Crippen LogP contribution < -0.4 is 11.1 Å². The normalized spacial score (nSPS) is 24.6. The maximum Gasteiger partial charge on any atom is 0.239 e. The predicted molar refractivity (Wildman–Crippen MR) is 78.1 cm³/mol. The van der Waals surface area contributed by atoms with Gasteiger partial charge in [0.05, 0.1) is 12.6 Å². The number of amides is 1. The largest absolute Gasteiger partial charge is 0.338 e. The van der Waals surface area contributed by atoms with Gasteiger partial charge in [-0.25, -0.2) is 4.39 Å². The number of nitrogens with zero attached hydrogens (tertiary/aromatic N) is 1. The molecule has 1 aliphatic carbocycles. The summed E-state index contributed by atoms with van der Waals surface area (Å²) in [6.45, 7) is 2.36. The van der Waals surface area contributed by atoms with Crippen molar-refractivity contribution in [3.63, 3.8) is 0 Å². The fourth-order valence-electron chi connectivity index (χ4n) is 2.85. The maximum atomic E-state index is 13.1. The van der Waals surface area contributed by atoms with Gasteiger partial charge in [0.1, 0.15) is 6.17 Å². The molecule has 1 amide bonds. The summed E-state index contributed by atoms with van der Waals surface area (Å²) in [5.41, 5.74) is 7.36. The minimum Gasteiger partial charge on any atom is -0.338 e. The predicted octanol–water partition coefficient (Wildman–Crippen LogP) is 1.36. The highest BCUT2D eigenvalue weighted by atomic mass is 19.1. The van der Waals surface area contributed by atoms with Gasteiger partial charge in [-0.2, -0.15) is 0 Å². The van der Waals surface area contributed by atoms with Crippen molar-refractivity contribution >= 4 is 5.91 Å². The number of hydrogen-bond donors (Lipinski definition) is 2. The quantitative estimate of drug-likeness (QED) is 0.572. The first-order chi connectivity index (χ1) is 9.66. The van der Waals surface area contributed by atoms with E-state index in [-0.39, 0.29) is 12.5 Å². The highest BCUT2D eigenvalue weighted by Gasteiger charge is 2.28. The maximum absolute atomic E-state index is 13.1. The Kier molecular flexibility index (Phi) is 5.98. The van der Waals surface area contributed by atoms with Crippen LogP contribution in [0.15, 0.2) is 11.6 Å². The average molecular weight is 283 g/mol. The van der Waals surface area contributed by atoms with Gasteiger partial charge in [-0.3, -0.25) is 4.79 Å².